The summed E-state index contributed by atoms with van der Waals surface area (Å²) in [5, 5.41) is 0. The zero-order valence-corrected chi connectivity index (χ0v) is 9.72. The third kappa shape index (κ3) is 2.27. The topological polar surface area (TPSA) is 51.4 Å². The summed E-state index contributed by atoms with van der Waals surface area (Å²) in [6.07, 6.45) is 5.42. The highest BCUT2D eigenvalue weighted by Gasteiger charge is 2.24. The molecule has 0 aliphatic carbocycles. The lowest BCUT2D eigenvalue weighted by Crippen LogP contribution is -2.43. The Balaban J connectivity index is 2.19. The predicted molar refractivity (Wildman–Crippen MR) is 65.5 cm³/mol. The first-order valence-electron chi connectivity index (χ1n) is 5.79. The van der Waals surface area contributed by atoms with E-state index in [-0.39, 0.29) is 0 Å². The maximum Gasteiger partial charge on any atom is 0.152 e. The van der Waals surface area contributed by atoms with Gasteiger partial charge in [0.1, 0.15) is 0 Å². The summed E-state index contributed by atoms with van der Waals surface area (Å²) in [6.45, 7) is 1.77. The van der Waals surface area contributed by atoms with Crippen molar-refractivity contribution in [2.45, 2.75) is 25.3 Å². The molecule has 0 spiro atoms. The molecule has 1 aliphatic rings. The average molecular weight is 221 g/mol. The largest absolute Gasteiger partial charge is 0.396 e. The van der Waals surface area contributed by atoms with Crippen molar-refractivity contribution in [3.05, 3.63) is 18.3 Å². The molecule has 1 aliphatic heterocycles. The van der Waals surface area contributed by atoms with Crippen molar-refractivity contribution in [2.24, 2.45) is 0 Å². The molecule has 2 heterocycles. The molecule has 1 atom stereocenters. The molecule has 0 radical (unpaired) electrons. The number of rotatable bonds is 3. The maximum atomic E-state index is 5.96. The zero-order valence-electron chi connectivity index (χ0n) is 9.72. The molecule has 88 valence electrons. The van der Waals surface area contributed by atoms with Gasteiger partial charge >= 0.3 is 0 Å². The van der Waals surface area contributed by atoms with Crippen LogP contribution in [0, 0.1) is 0 Å². The van der Waals surface area contributed by atoms with Gasteiger partial charge in [-0.1, -0.05) is 0 Å². The van der Waals surface area contributed by atoms with Crippen LogP contribution in [-0.4, -0.2) is 31.3 Å². The van der Waals surface area contributed by atoms with Crippen LogP contribution in [0.3, 0.4) is 0 Å². The van der Waals surface area contributed by atoms with Crippen LogP contribution in [-0.2, 0) is 4.74 Å². The average Bonchev–Trinajstić information content (AvgIpc) is 2.31. The number of methoxy groups -OCH3 is 1. The highest BCUT2D eigenvalue weighted by Crippen LogP contribution is 2.27. The van der Waals surface area contributed by atoms with Crippen molar-refractivity contribution in [3.8, 4) is 0 Å². The molecular formula is C12H19N3O. The van der Waals surface area contributed by atoms with Crippen LogP contribution < -0.4 is 10.6 Å². The van der Waals surface area contributed by atoms with Gasteiger partial charge in [0.25, 0.3) is 0 Å². The van der Waals surface area contributed by atoms with E-state index in [4.69, 9.17) is 10.5 Å². The fourth-order valence-corrected chi connectivity index (χ4v) is 2.29. The van der Waals surface area contributed by atoms with Crippen molar-refractivity contribution >= 4 is 11.5 Å². The molecule has 0 bridgehead atoms. The van der Waals surface area contributed by atoms with Crippen LogP contribution in [0.2, 0.25) is 0 Å². The second-order valence-corrected chi connectivity index (χ2v) is 4.21. The van der Waals surface area contributed by atoms with E-state index in [1.165, 1.54) is 12.8 Å². The fourth-order valence-electron chi connectivity index (χ4n) is 2.29. The Labute approximate surface area is 96.4 Å². The molecule has 0 amide bonds. The highest BCUT2D eigenvalue weighted by atomic mass is 16.5. The summed E-state index contributed by atoms with van der Waals surface area (Å²) < 4.78 is 5.26. The Morgan fingerprint density at radius 1 is 1.56 bits per heavy atom. The standard InChI is InChI=1S/C12H19N3O/c1-16-9-10-5-2-3-8-15(10)12-11(13)6-4-7-14-12/h4,6-7,10H,2-3,5,8-9,13H2,1H3. The molecule has 1 unspecified atom stereocenters. The molecule has 0 aromatic carbocycles. The van der Waals surface area contributed by atoms with Crippen molar-refractivity contribution in [1.82, 2.24) is 4.98 Å². The maximum absolute atomic E-state index is 5.96. The van der Waals surface area contributed by atoms with E-state index in [2.05, 4.69) is 9.88 Å². The molecular weight excluding hydrogens is 202 g/mol. The van der Waals surface area contributed by atoms with E-state index in [1.54, 1.807) is 13.3 Å². The van der Waals surface area contributed by atoms with Gasteiger partial charge in [-0.15, -0.1) is 0 Å². The van der Waals surface area contributed by atoms with E-state index >= 15 is 0 Å². The Hall–Kier alpha value is -1.29. The van der Waals surface area contributed by atoms with Gasteiger partial charge in [0.05, 0.1) is 18.3 Å². The first-order valence-corrected chi connectivity index (χ1v) is 5.79. The SMILES string of the molecule is COCC1CCCCN1c1ncccc1N. The van der Waals surface area contributed by atoms with E-state index in [1.807, 2.05) is 12.1 Å². The molecule has 4 heteroatoms. The van der Waals surface area contributed by atoms with E-state index in [0.717, 1.165) is 31.1 Å². The Bertz CT molecular complexity index is 341. The lowest BCUT2D eigenvalue weighted by atomic mass is 10.0. The molecule has 1 aromatic rings. The van der Waals surface area contributed by atoms with Gasteiger partial charge in [0.15, 0.2) is 5.82 Å². The van der Waals surface area contributed by atoms with Crippen LogP contribution in [0.5, 0.6) is 0 Å². The van der Waals surface area contributed by atoms with Gasteiger partial charge in [0, 0.05) is 19.9 Å². The number of nitrogen functional groups attached to an aromatic ring is 1. The minimum Gasteiger partial charge on any atom is -0.396 e. The van der Waals surface area contributed by atoms with Crippen LogP contribution in [0.4, 0.5) is 11.5 Å². The first-order chi connectivity index (χ1) is 7.83. The molecule has 2 rings (SSSR count). The number of anilines is 2. The summed E-state index contributed by atoms with van der Waals surface area (Å²) >= 11 is 0. The minimum atomic E-state index is 0.413. The van der Waals surface area contributed by atoms with Crippen molar-refractivity contribution in [1.29, 1.82) is 0 Å². The van der Waals surface area contributed by atoms with E-state index in [0.29, 0.717) is 6.04 Å². The van der Waals surface area contributed by atoms with Gasteiger partial charge in [-0.05, 0) is 31.4 Å². The number of pyridine rings is 1. The summed E-state index contributed by atoms with van der Waals surface area (Å²) in [5.74, 6) is 0.907. The first kappa shape index (κ1) is 11.2. The quantitative estimate of drug-likeness (QED) is 0.843. The molecule has 0 saturated carbocycles. The van der Waals surface area contributed by atoms with Gasteiger partial charge in [-0.3, -0.25) is 0 Å². The van der Waals surface area contributed by atoms with Crippen LogP contribution >= 0.6 is 0 Å². The van der Waals surface area contributed by atoms with Crippen molar-refractivity contribution < 1.29 is 4.74 Å². The number of hydrogen-bond donors (Lipinski definition) is 1. The lowest BCUT2D eigenvalue weighted by molar-refractivity contribution is 0.166. The van der Waals surface area contributed by atoms with E-state index < -0.39 is 0 Å². The normalized spacial score (nSPS) is 21.1. The number of nitrogens with two attached hydrogens (primary N) is 1. The van der Waals surface area contributed by atoms with Crippen LogP contribution in [0.1, 0.15) is 19.3 Å². The third-order valence-corrected chi connectivity index (χ3v) is 3.08. The number of hydrogen-bond acceptors (Lipinski definition) is 4. The Kier molecular flexibility index (Phi) is 3.62. The van der Waals surface area contributed by atoms with Crippen LogP contribution in [0.25, 0.3) is 0 Å². The summed E-state index contributed by atoms with van der Waals surface area (Å²) in [6, 6.07) is 4.19. The highest BCUT2D eigenvalue weighted by molar-refractivity contribution is 5.62. The number of piperidine rings is 1. The van der Waals surface area contributed by atoms with Crippen molar-refractivity contribution in [2.75, 3.05) is 30.9 Å². The van der Waals surface area contributed by atoms with Gasteiger partial charge in [-0.25, -0.2) is 4.98 Å². The third-order valence-electron chi connectivity index (χ3n) is 3.08. The smallest absolute Gasteiger partial charge is 0.152 e. The summed E-state index contributed by atoms with van der Waals surface area (Å²) in [5.41, 5.74) is 6.72. The second-order valence-electron chi connectivity index (χ2n) is 4.21. The number of nitrogens with zero attached hydrogens (tertiary/aromatic N) is 2. The molecule has 1 fully saturated rings. The Morgan fingerprint density at radius 2 is 2.44 bits per heavy atom. The molecule has 1 saturated heterocycles. The van der Waals surface area contributed by atoms with Crippen LogP contribution in [0.15, 0.2) is 18.3 Å². The Morgan fingerprint density at radius 3 is 3.19 bits per heavy atom. The number of aromatic nitrogens is 1. The zero-order chi connectivity index (χ0) is 11.4. The van der Waals surface area contributed by atoms with E-state index in [9.17, 15) is 0 Å². The minimum absolute atomic E-state index is 0.413. The molecule has 4 nitrogen and oxygen atoms in total. The molecule has 1 aromatic heterocycles. The number of ether oxygens (including phenoxy) is 1. The monoisotopic (exact) mass is 221 g/mol. The van der Waals surface area contributed by atoms with Gasteiger partial charge in [-0.2, -0.15) is 0 Å². The molecule has 16 heavy (non-hydrogen) atoms. The second kappa shape index (κ2) is 5.16. The van der Waals surface area contributed by atoms with Gasteiger partial charge < -0.3 is 15.4 Å². The predicted octanol–water partition coefficient (Wildman–Crippen LogP) is 1.67. The fraction of sp³-hybridized carbons (Fsp3) is 0.583. The summed E-state index contributed by atoms with van der Waals surface area (Å²) in [7, 11) is 1.74. The van der Waals surface area contributed by atoms with Gasteiger partial charge in [0.2, 0.25) is 0 Å². The summed E-state index contributed by atoms with van der Waals surface area (Å²) in [4.78, 5) is 6.66. The van der Waals surface area contributed by atoms with Crippen molar-refractivity contribution in [3.63, 3.8) is 0 Å². The molecule has 2 N–H and O–H groups in total. The lowest BCUT2D eigenvalue weighted by Gasteiger charge is -2.36.